The Morgan fingerprint density at radius 2 is 2.29 bits per heavy atom. The molecule has 1 aliphatic carbocycles. The molecule has 1 N–H and O–H groups in total. The Kier molecular flexibility index (Phi) is 2.82. The van der Waals surface area contributed by atoms with Crippen molar-refractivity contribution in [2.24, 2.45) is 7.05 Å². The smallest absolute Gasteiger partial charge is 0.148 e. The SMILES string of the molecule is Cn1ccc(NCC2CCC3(CCCC3)O2)n1. The molecule has 94 valence electrons. The second kappa shape index (κ2) is 4.33. The number of aryl methyl sites for hydroxylation is 1. The molecule has 0 radical (unpaired) electrons. The molecule has 4 heteroatoms. The molecule has 1 aromatic rings. The zero-order valence-corrected chi connectivity index (χ0v) is 10.5. The van der Waals surface area contributed by atoms with Crippen LogP contribution in [0.15, 0.2) is 12.3 Å². The van der Waals surface area contributed by atoms with Gasteiger partial charge in [0, 0.05) is 25.9 Å². The molecule has 1 unspecified atom stereocenters. The van der Waals surface area contributed by atoms with Gasteiger partial charge in [0.15, 0.2) is 0 Å². The molecule has 0 aromatic carbocycles. The van der Waals surface area contributed by atoms with E-state index in [-0.39, 0.29) is 5.60 Å². The van der Waals surface area contributed by atoms with Crippen LogP contribution in [-0.2, 0) is 11.8 Å². The van der Waals surface area contributed by atoms with Gasteiger partial charge in [0.2, 0.25) is 0 Å². The Bertz CT molecular complexity index is 382. The van der Waals surface area contributed by atoms with E-state index in [2.05, 4.69) is 10.4 Å². The number of hydrogen-bond donors (Lipinski definition) is 1. The zero-order chi connectivity index (χ0) is 11.7. The lowest BCUT2D eigenvalue weighted by Crippen LogP contribution is -2.28. The molecule has 4 nitrogen and oxygen atoms in total. The van der Waals surface area contributed by atoms with Gasteiger partial charge >= 0.3 is 0 Å². The summed E-state index contributed by atoms with van der Waals surface area (Å²) in [5.41, 5.74) is 0.246. The molecule has 1 aromatic heterocycles. The molecule has 1 saturated carbocycles. The Morgan fingerprint density at radius 3 is 3.00 bits per heavy atom. The van der Waals surface area contributed by atoms with Crippen LogP contribution in [0.2, 0.25) is 0 Å². The molecular formula is C13H21N3O. The fourth-order valence-corrected chi connectivity index (χ4v) is 3.15. The summed E-state index contributed by atoms with van der Waals surface area (Å²) in [4.78, 5) is 0. The molecule has 1 aliphatic heterocycles. The molecule has 0 amide bonds. The van der Waals surface area contributed by atoms with Crippen LogP contribution in [-0.4, -0.2) is 28.0 Å². The van der Waals surface area contributed by atoms with E-state index in [0.29, 0.717) is 6.10 Å². The van der Waals surface area contributed by atoms with Crippen molar-refractivity contribution in [3.63, 3.8) is 0 Å². The van der Waals surface area contributed by atoms with Crippen LogP contribution in [0.3, 0.4) is 0 Å². The fraction of sp³-hybridized carbons (Fsp3) is 0.769. The van der Waals surface area contributed by atoms with Crippen molar-refractivity contribution < 1.29 is 4.74 Å². The van der Waals surface area contributed by atoms with Gasteiger partial charge < -0.3 is 10.1 Å². The van der Waals surface area contributed by atoms with Crippen LogP contribution < -0.4 is 5.32 Å². The lowest BCUT2D eigenvalue weighted by Gasteiger charge is -2.23. The lowest BCUT2D eigenvalue weighted by atomic mass is 9.98. The average molecular weight is 235 g/mol. The highest BCUT2D eigenvalue weighted by Crippen LogP contribution is 2.43. The van der Waals surface area contributed by atoms with E-state index in [0.717, 1.165) is 12.4 Å². The van der Waals surface area contributed by atoms with E-state index in [9.17, 15) is 0 Å². The zero-order valence-electron chi connectivity index (χ0n) is 10.5. The number of nitrogens with zero attached hydrogens (tertiary/aromatic N) is 2. The highest BCUT2D eigenvalue weighted by Gasteiger charge is 2.41. The van der Waals surface area contributed by atoms with Crippen molar-refractivity contribution in [3.05, 3.63) is 12.3 Å². The minimum Gasteiger partial charge on any atom is -0.370 e. The maximum Gasteiger partial charge on any atom is 0.148 e. The predicted octanol–water partition coefficient (Wildman–Crippen LogP) is 2.32. The van der Waals surface area contributed by atoms with E-state index in [4.69, 9.17) is 4.74 Å². The van der Waals surface area contributed by atoms with Crippen LogP contribution in [0.25, 0.3) is 0 Å². The second-order valence-electron chi connectivity index (χ2n) is 5.42. The van der Waals surface area contributed by atoms with Gasteiger partial charge in [0.1, 0.15) is 5.82 Å². The molecule has 1 saturated heterocycles. The van der Waals surface area contributed by atoms with E-state index in [1.165, 1.54) is 38.5 Å². The highest BCUT2D eigenvalue weighted by atomic mass is 16.5. The lowest BCUT2D eigenvalue weighted by molar-refractivity contribution is -0.0307. The maximum atomic E-state index is 6.24. The van der Waals surface area contributed by atoms with E-state index in [1.54, 1.807) is 0 Å². The monoisotopic (exact) mass is 235 g/mol. The molecular weight excluding hydrogens is 214 g/mol. The molecule has 17 heavy (non-hydrogen) atoms. The largest absolute Gasteiger partial charge is 0.370 e. The summed E-state index contributed by atoms with van der Waals surface area (Å²) in [5, 5.41) is 7.67. The van der Waals surface area contributed by atoms with Gasteiger partial charge in [-0.2, -0.15) is 5.10 Å². The van der Waals surface area contributed by atoms with Crippen molar-refractivity contribution in [3.8, 4) is 0 Å². The first kappa shape index (κ1) is 11.1. The van der Waals surface area contributed by atoms with Crippen molar-refractivity contribution in [1.82, 2.24) is 9.78 Å². The molecule has 2 fully saturated rings. The molecule has 0 bridgehead atoms. The van der Waals surface area contributed by atoms with Crippen molar-refractivity contribution >= 4 is 5.82 Å². The minimum atomic E-state index is 0.246. The summed E-state index contributed by atoms with van der Waals surface area (Å²) in [7, 11) is 1.94. The third-order valence-corrected chi connectivity index (χ3v) is 4.08. The predicted molar refractivity (Wildman–Crippen MR) is 67.0 cm³/mol. The number of hydrogen-bond acceptors (Lipinski definition) is 3. The number of nitrogens with one attached hydrogen (secondary N) is 1. The van der Waals surface area contributed by atoms with Crippen LogP contribution >= 0.6 is 0 Å². The maximum absolute atomic E-state index is 6.24. The quantitative estimate of drug-likeness (QED) is 0.874. The number of rotatable bonds is 3. The first-order chi connectivity index (χ1) is 8.26. The molecule has 2 heterocycles. The summed E-state index contributed by atoms with van der Waals surface area (Å²) < 4.78 is 8.06. The van der Waals surface area contributed by atoms with Crippen LogP contribution in [0.1, 0.15) is 38.5 Å². The molecule has 1 spiro atoms. The minimum absolute atomic E-state index is 0.246. The Labute approximate surface area is 102 Å². The van der Waals surface area contributed by atoms with Gasteiger partial charge in [0.25, 0.3) is 0 Å². The number of ether oxygens (including phenoxy) is 1. The number of aromatic nitrogens is 2. The Balaban J connectivity index is 1.50. The summed E-state index contributed by atoms with van der Waals surface area (Å²) >= 11 is 0. The highest BCUT2D eigenvalue weighted by molar-refractivity contribution is 5.32. The summed E-state index contributed by atoms with van der Waals surface area (Å²) in [5.74, 6) is 0.948. The first-order valence-corrected chi connectivity index (χ1v) is 6.67. The van der Waals surface area contributed by atoms with Crippen LogP contribution in [0, 0.1) is 0 Å². The third-order valence-electron chi connectivity index (χ3n) is 4.08. The second-order valence-corrected chi connectivity index (χ2v) is 5.42. The van der Waals surface area contributed by atoms with Crippen molar-refractivity contribution in [1.29, 1.82) is 0 Å². The molecule has 2 aliphatic rings. The van der Waals surface area contributed by atoms with E-state index < -0.39 is 0 Å². The Hall–Kier alpha value is -1.03. The third kappa shape index (κ3) is 2.32. The van der Waals surface area contributed by atoms with Gasteiger partial charge in [-0.3, -0.25) is 4.68 Å². The van der Waals surface area contributed by atoms with Gasteiger partial charge in [-0.15, -0.1) is 0 Å². The summed E-state index contributed by atoms with van der Waals surface area (Å²) in [6.45, 7) is 0.888. The fourth-order valence-electron chi connectivity index (χ4n) is 3.15. The van der Waals surface area contributed by atoms with Crippen LogP contribution in [0.5, 0.6) is 0 Å². The van der Waals surface area contributed by atoms with E-state index in [1.807, 2.05) is 24.0 Å². The molecule has 3 rings (SSSR count). The van der Waals surface area contributed by atoms with Crippen molar-refractivity contribution in [2.45, 2.75) is 50.2 Å². The number of anilines is 1. The first-order valence-electron chi connectivity index (χ1n) is 6.67. The van der Waals surface area contributed by atoms with Gasteiger partial charge in [0.05, 0.1) is 11.7 Å². The topological polar surface area (TPSA) is 39.1 Å². The Morgan fingerprint density at radius 1 is 1.47 bits per heavy atom. The van der Waals surface area contributed by atoms with Gasteiger partial charge in [-0.05, 0) is 25.7 Å². The van der Waals surface area contributed by atoms with E-state index >= 15 is 0 Å². The normalized spacial score (nSPS) is 26.8. The average Bonchev–Trinajstić information content (AvgIpc) is 3.01. The summed E-state index contributed by atoms with van der Waals surface area (Å²) in [6.07, 6.45) is 10.0. The summed E-state index contributed by atoms with van der Waals surface area (Å²) in [6, 6.07) is 2.00. The molecule has 1 atom stereocenters. The van der Waals surface area contributed by atoms with Crippen molar-refractivity contribution in [2.75, 3.05) is 11.9 Å². The van der Waals surface area contributed by atoms with Gasteiger partial charge in [-0.1, -0.05) is 12.8 Å². The standard InChI is InChI=1S/C13H21N3O/c1-16-9-5-12(15-16)14-10-11-4-8-13(17-11)6-2-3-7-13/h5,9,11H,2-4,6-8,10H2,1H3,(H,14,15). The van der Waals surface area contributed by atoms with Gasteiger partial charge in [-0.25, -0.2) is 0 Å². The van der Waals surface area contributed by atoms with Crippen LogP contribution in [0.4, 0.5) is 5.82 Å².